The van der Waals surface area contributed by atoms with E-state index in [1.807, 2.05) is 6.07 Å². The Labute approximate surface area is 155 Å². The number of nitrogens with one attached hydrogen (secondary N) is 2. The van der Waals surface area contributed by atoms with Crippen molar-refractivity contribution in [2.45, 2.75) is 0 Å². The highest BCUT2D eigenvalue weighted by atomic mass is 35.5. The maximum atomic E-state index is 12.4. The molecular formula is C17H20ClN5O3. The summed E-state index contributed by atoms with van der Waals surface area (Å²) in [6.07, 6.45) is 1.23. The van der Waals surface area contributed by atoms with Gasteiger partial charge in [-0.25, -0.2) is 0 Å². The number of carboxylic acid groups (broad SMARTS) is 1. The van der Waals surface area contributed by atoms with Gasteiger partial charge in [-0.1, -0.05) is 11.6 Å². The van der Waals surface area contributed by atoms with Crippen LogP contribution in [0.25, 0.3) is 0 Å². The number of carboxylic acids is 1. The number of amides is 1. The standard InChI is InChI=1S/C17H20ClN5O3/c1-21-5-7-23(8-6-21)14-4-3-11(9-13(14)18)19-16(24)15-12(17(25)26)10-22(2)20-15/h3-4,9-10H,5-8H2,1-2H3,(H,19,24)(H,25,26). The molecule has 2 heterocycles. The lowest BCUT2D eigenvalue weighted by Gasteiger charge is -2.32. The van der Waals surface area contributed by atoms with Crippen molar-refractivity contribution in [2.75, 3.05) is 43.4 Å². The third-order valence-corrected chi connectivity index (χ3v) is 4.73. The molecule has 1 aliphatic heterocycles. The zero-order chi connectivity index (χ0) is 18.8. The topological polar surface area (TPSA) is 94.7 Å². The van der Waals surface area contributed by atoms with Gasteiger partial charge in [-0.15, -0.1) is 0 Å². The number of aromatic carboxylic acids is 1. The fourth-order valence-corrected chi connectivity index (χ4v) is 3.27. The molecule has 9 heteroatoms. The van der Waals surface area contributed by atoms with E-state index in [2.05, 4.69) is 22.4 Å². The van der Waals surface area contributed by atoms with Crippen LogP contribution in [0.1, 0.15) is 20.8 Å². The van der Waals surface area contributed by atoms with E-state index in [0.717, 1.165) is 31.9 Å². The van der Waals surface area contributed by atoms with Crippen LogP contribution in [0, 0.1) is 0 Å². The van der Waals surface area contributed by atoms with Gasteiger partial charge in [-0.2, -0.15) is 5.10 Å². The third kappa shape index (κ3) is 3.81. The molecule has 0 radical (unpaired) electrons. The highest BCUT2D eigenvalue weighted by Gasteiger charge is 2.20. The molecule has 1 amide bonds. The van der Waals surface area contributed by atoms with Crippen LogP contribution >= 0.6 is 11.6 Å². The molecule has 3 rings (SSSR count). The summed E-state index contributed by atoms with van der Waals surface area (Å²) >= 11 is 6.39. The smallest absolute Gasteiger partial charge is 0.276 e. The number of carbonyl (C=O) groups is 2. The van der Waals surface area contributed by atoms with E-state index in [0.29, 0.717) is 10.7 Å². The molecule has 2 aromatic rings. The van der Waals surface area contributed by atoms with Crippen molar-refractivity contribution in [1.29, 1.82) is 0 Å². The summed E-state index contributed by atoms with van der Waals surface area (Å²) in [6, 6.07) is 5.25. The molecule has 26 heavy (non-hydrogen) atoms. The van der Waals surface area contributed by atoms with Crippen molar-refractivity contribution in [2.24, 2.45) is 7.05 Å². The van der Waals surface area contributed by atoms with E-state index in [-0.39, 0.29) is 11.3 Å². The minimum Gasteiger partial charge on any atom is -0.545 e. The number of carbonyl (C=O) groups excluding carboxylic acids is 2. The van der Waals surface area contributed by atoms with Gasteiger partial charge < -0.3 is 25.0 Å². The number of aromatic nitrogens is 2. The van der Waals surface area contributed by atoms with Crippen LogP contribution in [0.15, 0.2) is 24.4 Å². The van der Waals surface area contributed by atoms with Gasteiger partial charge in [0.05, 0.1) is 49.9 Å². The van der Waals surface area contributed by atoms with Gasteiger partial charge in [0.1, 0.15) is 0 Å². The molecule has 1 saturated heterocycles. The van der Waals surface area contributed by atoms with E-state index in [1.54, 1.807) is 12.1 Å². The molecule has 1 aliphatic rings. The first-order valence-electron chi connectivity index (χ1n) is 8.27. The SMILES string of the molecule is Cn1cc(C(=O)[O-])c(C(=O)Nc2ccc(N3CC[NH+](C)CC3)c(Cl)c2)n1. The van der Waals surface area contributed by atoms with Gasteiger partial charge in [0.2, 0.25) is 0 Å². The number of nitrogens with zero attached hydrogens (tertiary/aromatic N) is 3. The molecule has 0 spiro atoms. The zero-order valence-corrected chi connectivity index (χ0v) is 15.3. The monoisotopic (exact) mass is 377 g/mol. The largest absolute Gasteiger partial charge is 0.545 e. The Morgan fingerprint density at radius 2 is 2.00 bits per heavy atom. The second-order valence-electron chi connectivity index (χ2n) is 6.42. The first-order chi connectivity index (χ1) is 12.3. The quantitative estimate of drug-likeness (QED) is 0.714. The number of hydrogen-bond donors (Lipinski definition) is 2. The van der Waals surface area contributed by atoms with Gasteiger partial charge >= 0.3 is 0 Å². The van der Waals surface area contributed by atoms with Crippen LogP contribution in [0.5, 0.6) is 0 Å². The van der Waals surface area contributed by atoms with Crippen molar-refractivity contribution in [3.8, 4) is 0 Å². The molecule has 0 bridgehead atoms. The molecular weight excluding hydrogens is 358 g/mol. The molecule has 0 aliphatic carbocycles. The Bertz CT molecular complexity index is 843. The highest BCUT2D eigenvalue weighted by molar-refractivity contribution is 6.33. The summed E-state index contributed by atoms with van der Waals surface area (Å²) in [5.74, 6) is -2.08. The van der Waals surface area contributed by atoms with Gasteiger partial charge in [0, 0.05) is 24.5 Å². The number of aryl methyl sites for hydroxylation is 1. The maximum absolute atomic E-state index is 12.4. The van der Waals surface area contributed by atoms with Crippen LogP contribution in [0.2, 0.25) is 5.02 Å². The molecule has 138 valence electrons. The Morgan fingerprint density at radius 3 is 2.62 bits per heavy atom. The Balaban J connectivity index is 1.76. The lowest BCUT2D eigenvalue weighted by molar-refractivity contribution is -0.880. The van der Waals surface area contributed by atoms with E-state index in [9.17, 15) is 14.7 Å². The number of hydrogen-bond acceptors (Lipinski definition) is 5. The number of piperazine rings is 1. The van der Waals surface area contributed by atoms with Gasteiger partial charge in [0.25, 0.3) is 5.91 Å². The van der Waals surface area contributed by atoms with Gasteiger partial charge in [0.15, 0.2) is 5.69 Å². The van der Waals surface area contributed by atoms with Crippen LogP contribution in [-0.2, 0) is 7.05 Å². The highest BCUT2D eigenvalue weighted by Crippen LogP contribution is 2.29. The Morgan fingerprint density at radius 1 is 1.31 bits per heavy atom. The van der Waals surface area contributed by atoms with E-state index in [1.165, 1.54) is 22.8 Å². The summed E-state index contributed by atoms with van der Waals surface area (Å²) in [5.41, 5.74) is 0.936. The minimum absolute atomic E-state index is 0.199. The third-order valence-electron chi connectivity index (χ3n) is 4.43. The molecule has 1 aromatic carbocycles. The van der Waals surface area contributed by atoms with E-state index in [4.69, 9.17) is 11.6 Å². The molecule has 0 saturated carbocycles. The van der Waals surface area contributed by atoms with E-state index >= 15 is 0 Å². The lowest BCUT2D eigenvalue weighted by Crippen LogP contribution is -3.12. The van der Waals surface area contributed by atoms with Crippen molar-refractivity contribution in [1.82, 2.24) is 9.78 Å². The first kappa shape index (κ1) is 18.2. The first-order valence-corrected chi connectivity index (χ1v) is 8.65. The zero-order valence-electron chi connectivity index (χ0n) is 14.6. The molecule has 0 atom stereocenters. The predicted molar refractivity (Wildman–Crippen MR) is 95.8 cm³/mol. The number of likely N-dealkylation sites (N-methyl/N-ethyl adjacent to an activating group) is 1. The predicted octanol–water partition coefficient (Wildman–Crippen LogP) is -0.976. The second-order valence-corrected chi connectivity index (χ2v) is 6.82. The molecule has 8 nitrogen and oxygen atoms in total. The second kappa shape index (κ2) is 7.35. The number of rotatable bonds is 4. The Kier molecular flexibility index (Phi) is 5.15. The normalized spacial score (nSPS) is 15.1. The maximum Gasteiger partial charge on any atom is 0.276 e. The number of benzene rings is 1. The van der Waals surface area contributed by atoms with Crippen LogP contribution in [0.3, 0.4) is 0 Å². The van der Waals surface area contributed by atoms with Crippen LogP contribution in [0.4, 0.5) is 11.4 Å². The van der Waals surface area contributed by atoms with Crippen LogP contribution in [-0.4, -0.2) is 54.9 Å². The minimum atomic E-state index is -1.45. The van der Waals surface area contributed by atoms with Crippen molar-refractivity contribution >= 4 is 34.9 Å². The summed E-state index contributed by atoms with van der Waals surface area (Å²) in [5, 5.41) is 18.2. The number of quaternary nitrogens is 1. The van der Waals surface area contributed by atoms with E-state index < -0.39 is 11.9 Å². The fourth-order valence-electron chi connectivity index (χ4n) is 2.97. The summed E-state index contributed by atoms with van der Waals surface area (Å²) < 4.78 is 1.26. The lowest BCUT2D eigenvalue weighted by atomic mass is 10.2. The summed E-state index contributed by atoms with van der Waals surface area (Å²) in [4.78, 5) is 27.2. The number of halogens is 1. The summed E-state index contributed by atoms with van der Waals surface area (Å²) in [6.45, 7) is 3.92. The number of anilines is 2. The molecule has 1 fully saturated rings. The van der Waals surface area contributed by atoms with Crippen LogP contribution < -0.4 is 20.2 Å². The van der Waals surface area contributed by atoms with Crippen molar-refractivity contribution in [3.63, 3.8) is 0 Å². The molecule has 2 N–H and O–H groups in total. The van der Waals surface area contributed by atoms with Crippen molar-refractivity contribution < 1.29 is 19.6 Å². The fraction of sp³-hybridized carbons (Fsp3) is 0.353. The van der Waals surface area contributed by atoms with Gasteiger partial charge in [-0.05, 0) is 18.2 Å². The van der Waals surface area contributed by atoms with Crippen molar-refractivity contribution in [3.05, 3.63) is 40.7 Å². The van der Waals surface area contributed by atoms with Gasteiger partial charge in [-0.3, -0.25) is 9.48 Å². The average molecular weight is 378 g/mol. The Hall–Kier alpha value is -2.58. The molecule has 0 unspecified atom stereocenters. The summed E-state index contributed by atoms with van der Waals surface area (Å²) in [7, 11) is 3.70. The average Bonchev–Trinajstić information content (AvgIpc) is 2.98. The molecule has 1 aromatic heterocycles.